The minimum atomic E-state index is -0.0680. The van der Waals surface area contributed by atoms with Gasteiger partial charge in [-0.25, -0.2) is 0 Å². The number of carbonyl (C=O) groups excluding carboxylic acids is 1. The molecule has 21 heavy (non-hydrogen) atoms. The monoisotopic (exact) mass is 333 g/mol. The fourth-order valence-corrected chi connectivity index (χ4v) is 2.39. The van der Waals surface area contributed by atoms with Crippen LogP contribution in [-0.4, -0.2) is 57.2 Å². The Labute approximate surface area is 135 Å². The number of nitrogens with zero attached hydrogens (tertiary/aromatic N) is 1. The van der Waals surface area contributed by atoms with E-state index in [0.717, 1.165) is 0 Å². The van der Waals surface area contributed by atoms with Crippen molar-refractivity contribution in [2.75, 3.05) is 40.5 Å². The summed E-state index contributed by atoms with van der Waals surface area (Å²) in [6, 6.07) is 5.00. The molecule has 0 spiro atoms. The molecule has 4 nitrogen and oxygen atoms in total. The molecule has 6 heteroatoms. The summed E-state index contributed by atoms with van der Waals surface area (Å²) in [5.41, 5.74) is 0.441. The number of ether oxygens (including phenoxy) is 2. The van der Waals surface area contributed by atoms with Crippen molar-refractivity contribution in [3.8, 4) is 0 Å². The molecule has 0 bridgehead atoms. The lowest BCUT2D eigenvalue weighted by Crippen LogP contribution is -2.41. The topological polar surface area (TPSA) is 38.8 Å². The number of hydrogen-bond donors (Lipinski definition) is 0. The van der Waals surface area contributed by atoms with Crippen molar-refractivity contribution in [1.29, 1.82) is 0 Å². The number of carbonyl (C=O) groups is 1. The summed E-state index contributed by atoms with van der Waals surface area (Å²) in [5, 5.41) is 0.909. The first-order valence-corrected chi connectivity index (χ1v) is 7.45. The average molecular weight is 334 g/mol. The zero-order chi connectivity index (χ0) is 15.8. The van der Waals surface area contributed by atoms with Crippen LogP contribution in [0.2, 0.25) is 10.0 Å². The van der Waals surface area contributed by atoms with Crippen LogP contribution in [0.5, 0.6) is 0 Å². The van der Waals surface area contributed by atoms with Crippen molar-refractivity contribution < 1.29 is 14.3 Å². The molecule has 0 aliphatic carbocycles. The lowest BCUT2D eigenvalue weighted by atomic mass is 10.1. The number of rotatable bonds is 9. The highest BCUT2D eigenvalue weighted by Gasteiger charge is 2.19. The van der Waals surface area contributed by atoms with Crippen LogP contribution in [0.25, 0.3) is 0 Å². The quantitative estimate of drug-likeness (QED) is 0.650. The fourth-order valence-electron chi connectivity index (χ4n) is 1.99. The number of benzene rings is 1. The predicted octanol–water partition coefficient (Wildman–Crippen LogP) is 3.16. The van der Waals surface area contributed by atoms with Gasteiger partial charge in [-0.1, -0.05) is 23.2 Å². The molecule has 0 N–H and O–H groups in total. The van der Waals surface area contributed by atoms with Crippen LogP contribution in [0.15, 0.2) is 18.2 Å². The molecule has 0 radical (unpaired) electrons. The first kappa shape index (κ1) is 18.4. The van der Waals surface area contributed by atoms with Crippen LogP contribution in [-0.2, 0) is 9.47 Å². The summed E-state index contributed by atoms with van der Waals surface area (Å²) < 4.78 is 10.2. The molecule has 0 heterocycles. The summed E-state index contributed by atoms with van der Waals surface area (Å²) in [4.78, 5) is 14.4. The van der Waals surface area contributed by atoms with E-state index in [-0.39, 0.29) is 18.4 Å². The molecule has 1 aromatic carbocycles. The zero-order valence-electron chi connectivity index (χ0n) is 12.6. The van der Waals surface area contributed by atoms with Gasteiger partial charge in [-0.05, 0) is 25.1 Å². The van der Waals surface area contributed by atoms with E-state index in [2.05, 4.69) is 0 Å². The third-order valence-electron chi connectivity index (χ3n) is 3.19. The molecule has 0 aromatic heterocycles. The summed E-state index contributed by atoms with van der Waals surface area (Å²) in [7, 11) is 3.27. The molecule has 1 atom stereocenters. The van der Waals surface area contributed by atoms with Gasteiger partial charge in [0, 0.05) is 37.4 Å². The molecule has 0 aliphatic heterocycles. The smallest absolute Gasteiger partial charge is 0.178 e. The maximum absolute atomic E-state index is 12.4. The van der Waals surface area contributed by atoms with Gasteiger partial charge in [0.25, 0.3) is 0 Å². The molecule has 118 valence electrons. The Balaban J connectivity index is 2.81. The highest BCUT2D eigenvalue weighted by Crippen LogP contribution is 2.21. The first-order valence-electron chi connectivity index (χ1n) is 6.69. The number of Topliss-reactive ketones (excluding diaryl/α,β-unsaturated/α-hetero) is 1. The minimum absolute atomic E-state index is 0.0680. The molecule has 0 amide bonds. The van der Waals surface area contributed by atoms with E-state index < -0.39 is 0 Å². The molecule has 0 fully saturated rings. The largest absolute Gasteiger partial charge is 0.383 e. The lowest BCUT2D eigenvalue weighted by Gasteiger charge is -2.27. The Morgan fingerprint density at radius 3 is 2.62 bits per heavy atom. The van der Waals surface area contributed by atoms with E-state index in [0.29, 0.717) is 35.4 Å². The van der Waals surface area contributed by atoms with E-state index in [1.165, 1.54) is 0 Å². The van der Waals surface area contributed by atoms with Crippen LogP contribution in [0, 0.1) is 0 Å². The standard InChI is InChI=1S/C15H21Cl2NO3/c1-11(10-21-3)18(6-7-20-2)9-15(19)13-8-12(16)4-5-14(13)17/h4-5,8,11H,6-7,9-10H2,1-3H3. The van der Waals surface area contributed by atoms with Crippen molar-refractivity contribution >= 4 is 29.0 Å². The van der Waals surface area contributed by atoms with E-state index >= 15 is 0 Å². The summed E-state index contributed by atoms with van der Waals surface area (Å²) >= 11 is 12.0. The van der Waals surface area contributed by atoms with E-state index in [1.54, 1.807) is 32.4 Å². The molecule has 0 saturated heterocycles. The Morgan fingerprint density at radius 1 is 1.29 bits per heavy atom. The van der Waals surface area contributed by atoms with Crippen LogP contribution in [0.1, 0.15) is 17.3 Å². The van der Waals surface area contributed by atoms with Gasteiger partial charge in [0.2, 0.25) is 0 Å². The fraction of sp³-hybridized carbons (Fsp3) is 0.533. The first-order chi connectivity index (χ1) is 9.99. The van der Waals surface area contributed by atoms with Crippen LogP contribution >= 0.6 is 23.2 Å². The second-order valence-electron chi connectivity index (χ2n) is 4.81. The van der Waals surface area contributed by atoms with Crippen LogP contribution in [0.3, 0.4) is 0 Å². The highest BCUT2D eigenvalue weighted by atomic mass is 35.5. The predicted molar refractivity (Wildman–Crippen MR) is 85.6 cm³/mol. The van der Waals surface area contributed by atoms with Crippen molar-refractivity contribution in [2.24, 2.45) is 0 Å². The van der Waals surface area contributed by atoms with Crippen molar-refractivity contribution in [3.63, 3.8) is 0 Å². The Hall–Kier alpha value is -0.650. The molecular formula is C15H21Cl2NO3. The van der Waals surface area contributed by atoms with Gasteiger partial charge < -0.3 is 9.47 Å². The van der Waals surface area contributed by atoms with Crippen molar-refractivity contribution in [2.45, 2.75) is 13.0 Å². The van der Waals surface area contributed by atoms with Gasteiger partial charge in [0.15, 0.2) is 5.78 Å². The van der Waals surface area contributed by atoms with Gasteiger partial charge in [0.05, 0.1) is 24.8 Å². The zero-order valence-corrected chi connectivity index (χ0v) is 14.1. The molecular weight excluding hydrogens is 313 g/mol. The Morgan fingerprint density at radius 2 is 2.00 bits per heavy atom. The summed E-state index contributed by atoms with van der Waals surface area (Å²) in [5.74, 6) is -0.0680. The molecule has 1 rings (SSSR count). The summed E-state index contributed by atoms with van der Waals surface area (Å²) in [6.07, 6.45) is 0. The highest BCUT2D eigenvalue weighted by molar-refractivity contribution is 6.36. The minimum Gasteiger partial charge on any atom is -0.383 e. The molecule has 0 saturated carbocycles. The van der Waals surface area contributed by atoms with Gasteiger partial charge in [0.1, 0.15) is 0 Å². The van der Waals surface area contributed by atoms with E-state index in [1.807, 2.05) is 11.8 Å². The Kier molecular flexibility index (Phi) is 8.22. The van der Waals surface area contributed by atoms with Crippen LogP contribution < -0.4 is 0 Å². The van der Waals surface area contributed by atoms with Crippen molar-refractivity contribution in [1.82, 2.24) is 4.90 Å². The molecule has 1 aromatic rings. The molecule has 1 unspecified atom stereocenters. The SMILES string of the molecule is COCCN(CC(=O)c1cc(Cl)ccc1Cl)C(C)COC. The third-order valence-corrected chi connectivity index (χ3v) is 3.75. The normalized spacial score (nSPS) is 12.7. The lowest BCUT2D eigenvalue weighted by molar-refractivity contribution is 0.0651. The second-order valence-corrected chi connectivity index (χ2v) is 5.66. The van der Waals surface area contributed by atoms with Crippen LogP contribution in [0.4, 0.5) is 0 Å². The summed E-state index contributed by atoms with van der Waals surface area (Å²) in [6.45, 7) is 3.98. The third kappa shape index (κ3) is 5.93. The van der Waals surface area contributed by atoms with E-state index in [4.69, 9.17) is 32.7 Å². The number of halogens is 2. The number of ketones is 1. The average Bonchev–Trinajstić information content (AvgIpc) is 2.45. The Bertz CT molecular complexity index is 468. The van der Waals surface area contributed by atoms with E-state index in [9.17, 15) is 4.79 Å². The van der Waals surface area contributed by atoms with Gasteiger partial charge >= 0.3 is 0 Å². The number of methoxy groups -OCH3 is 2. The molecule has 0 aliphatic rings. The second kappa shape index (κ2) is 9.38. The van der Waals surface area contributed by atoms with Gasteiger partial charge in [-0.15, -0.1) is 0 Å². The van der Waals surface area contributed by atoms with Gasteiger partial charge in [-0.2, -0.15) is 0 Å². The maximum Gasteiger partial charge on any atom is 0.178 e. The van der Waals surface area contributed by atoms with Gasteiger partial charge in [-0.3, -0.25) is 9.69 Å². The number of hydrogen-bond acceptors (Lipinski definition) is 4. The maximum atomic E-state index is 12.4. The van der Waals surface area contributed by atoms with Crippen molar-refractivity contribution in [3.05, 3.63) is 33.8 Å².